The Kier molecular flexibility index (Phi) is 5.41. The van der Waals surface area contributed by atoms with Crippen LogP contribution in [0.4, 0.5) is 23.0 Å². The monoisotopic (exact) mass is 345 g/mol. The predicted octanol–water partition coefficient (Wildman–Crippen LogP) is 4.90. The number of benzene rings is 1. The molecule has 5 nitrogen and oxygen atoms in total. The molecule has 24 heavy (non-hydrogen) atoms. The zero-order chi connectivity index (χ0) is 16.9. The van der Waals surface area contributed by atoms with Crippen molar-refractivity contribution in [1.82, 2.24) is 9.97 Å². The average molecular weight is 346 g/mol. The fourth-order valence-electron chi connectivity index (χ4n) is 3.03. The van der Waals surface area contributed by atoms with E-state index >= 15 is 0 Å². The summed E-state index contributed by atoms with van der Waals surface area (Å²) < 4.78 is 0. The lowest BCUT2D eigenvalue weighted by Crippen LogP contribution is -2.20. The van der Waals surface area contributed by atoms with E-state index in [1.165, 1.54) is 44.9 Å². The van der Waals surface area contributed by atoms with Crippen molar-refractivity contribution in [2.75, 3.05) is 16.4 Å². The van der Waals surface area contributed by atoms with Gasteiger partial charge in [0, 0.05) is 16.8 Å². The first-order chi connectivity index (χ1) is 11.6. The van der Waals surface area contributed by atoms with E-state index in [-0.39, 0.29) is 0 Å². The molecular weight excluding hydrogens is 322 g/mol. The zero-order valence-electron chi connectivity index (χ0n) is 14.0. The van der Waals surface area contributed by atoms with E-state index in [0.29, 0.717) is 28.4 Å². The molecule has 4 N–H and O–H groups in total. The molecule has 0 atom stereocenters. The molecule has 1 aliphatic carbocycles. The molecule has 1 heterocycles. The zero-order valence-corrected chi connectivity index (χ0v) is 14.7. The summed E-state index contributed by atoms with van der Waals surface area (Å²) in [6.45, 7) is 1.97. The maximum Gasteiger partial charge on any atom is 0.159 e. The van der Waals surface area contributed by atoms with Crippen molar-refractivity contribution in [3.05, 3.63) is 35.1 Å². The van der Waals surface area contributed by atoms with Gasteiger partial charge in [0.05, 0.1) is 0 Å². The number of rotatable bonds is 4. The summed E-state index contributed by atoms with van der Waals surface area (Å²) in [7, 11) is 0. The lowest BCUT2D eigenvalue weighted by atomic mass is 10.1. The minimum Gasteiger partial charge on any atom is -0.393 e. The van der Waals surface area contributed by atoms with Gasteiger partial charge in [0.15, 0.2) is 11.6 Å². The van der Waals surface area contributed by atoms with E-state index in [9.17, 15) is 0 Å². The second-order valence-electron chi connectivity index (χ2n) is 6.41. The minimum atomic E-state index is 0.436. The van der Waals surface area contributed by atoms with Crippen molar-refractivity contribution in [2.45, 2.75) is 51.5 Å². The van der Waals surface area contributed by atoms with Crippen LogP contribution in [0.2, 0.25) is 5.02 Å². The Bertz CT molecular complexity index is 696. The predicted molar refractivity (Wildman–Crippen MR) is 101 cm³/mol. The molecule has 0 saturated heterocycles. The molecule has 0 amide bonds. The Morgan fingerprint density at radius 3 is 2.50 bits per heavy atom. The highest BCUT2D eigenvalue weighted by Crippen LogP contribution is 2.29. The quantitative estimate of drug-likeness (QED) is 0.687. The Morgan fingerprint density at radius 1 is 1.08 bits per heavy atom. The number of halogens is 1. The topological polar surface area (TPSA) is 75.9 Å². The number of nitrogen functional groups attached to an aromatic ring is 1. The van der Waals surface area contributed by atoms with E-state index < -0.39 is 0 Å². The molecule has 0 radical (unpaired) electrons. The van der Waals surface area contributed by atoms with Crippen LogP contribution in [0.25, 0.3) is 0 Å². The van der Waals surface area contributed by atoms with Crippen LogP contribution in [0.3, 0.4) is 0 Å². The second kappa shape index (κ2) is 7.71. The van der Waals surface area contributed by atoms with Crippen LogP contribution in [0, 0.1) is 6.92 Å². The van der Waals surface area contributed by atoms with E-state index in [1.54, 1.807) is 0 Å². The standard InChI is InChI=1S/C18H24ClN5/c1-12-8-9-14(10-15(12)19)24-18-16(20)17(21-11-22-18)23-13-6-4-2-3-5-7-13/h8-11,13H,2-7,20H2,1H3,(H2,21,22,23,24). The summed E-state index contributed by atoms with van der Waals surface area (Å²) in [6, 6.07) is 6.23. The third-order valence-corrected chi connectivity index (χ3v) is 4.92. The van der Waals surface area contributed by atoms with Gasteiger partial charge in [0.25, 0.3) is 0 Å². The van der Waals surface area contributed by atoms with Crippen molar-refractivity contribution in [3.8, 4) is 0 Å². The Balaban J connectivity index is 1.75. The lowest BCUT2D eigenvalue weighted by molar-refractivity contribution is 0.618. The van der Waals surface area contributed by atoms with Crippen LogP contribution < -0.4 is 16.4 Å². The molecule has 2 aromatic rings. The number of aromatic nitrogens is 2. The lowest BCUT2D eigenvalue weighted by Gasteiger charge is -2.19. The summed E-state index contributed by atoms with van der Waals surface area (Å²) in [5.74, 6) is 1.30. The fourth-order valence-corrected chi connectivity index (χ4v) is 3.22. The highest BCUT2D eigenvalue weighted by atomic mass is 35.5. The second-order valence-corrected chi connectivity index (χ2v) is 6.81. The van der Waals surface area contributed by atoms with E-state index in [2.05, 4.69) is 20.6 Å². The van der Waals surface area contributed by atoms with E-state index in [4.69, 9.17) is 17.3 Å². The van der Waals surface area contributed by atoms with Crippen LogP contribution in [-0.4, -0.2) is 16.0 Å². The summed E-state index contributed by atoms with van der Waals surface area (Å²) in [4.78, 5) is 8.59. The summed E-state index contributed by atoms with van der Waals surface area (Å²) in [5.41, 5.74) is 8.71. The fraction of sp³-hybridized carbons (Fsp3) is 0.444. The van der Waals surface area contributed by atoms with Crippen molar-refractivity contribution in [1.29, 1.82) is 0 Å². The molecule has 128 valence electrons. The molecule has 1 saturated carbocycles. The van der Waals surface area contributed by atoms with Crippen LogP contribution in [0.15, 0.2) is 24.5 Å². The molecular formula is C18H24ClN5. The van der Waals surface area contributed by atoms with Gasteiger partial charge in [0.1, 0.15) is 12.0 Å². The highest BCUT2D eigenvalue weighted by Gasteiger charge is 2.15. The minimum absolute atomic E-state index is 0.436. The molecule has 1 aromatic carbocycles. The number of anilines is 4. The SMILES string of the molecule is Cc1ccc(Nc2ncnc(NC3CCCCCC3)c2N)cc1Cl. The smallest absolute Gasteiger partial charge is 0.159 e. The Hall–Kier alpha value is -2.01. The number of nitrogens with two attached hydrogens (primary N) is 1. The third kappa shape index (κ3) is 4.09. The van der Waals surface area contributed by atoms with Crippen LogP contribution in [-0.2, 0) is 0 Å². The molecule has 1 aliphatic rings. The number of hydrogen-bond acceptors (Lipinski definition) is 5. The maximum absolute atomic E-state index is 6.27. The first-order valence-corrected chi connectivity index (χ1v) is 8.91. The van der Waals surface area contributed by atoms with Gasteiger partial charge >= 0.3 is 0 Å². The highest BCUT2D eigenvalue weighted by molar-refractivity contribution is 6.31. The molecule has 1 aromatic heterocycles. The van der Waals surface area contributed by atoms with Gasteiger partial charge in [0.2, 0.25) is 0 Å². The summed E-state index contributed by atoms with van der Waals surface area (Å²) >= 11 is 6.18. The normalized spacial score (nSPS) is 15.8. The third-order valence-electron chi connectivity index (χ3n) is 4.51. The molecule has 3 rings (SSSR count). The van der Waals surface area contributed by atoms with E-state index in [1.807, 2.05) is 25.1 Å². The molecule has 0 spiro atoms. The van der Waals surface area contributed by atoms with Crippen molar-refractivity contribution < 1.29 is 0 Å². The Morgan fingerprint density at radius 2 is 1.79 bits per heavy atom. The number of nitrogens with zero attached hydrogens (tertiary/aromatic N) is 2. The van der Waals surface area contributed by atoms with Crippen LogP contribution >= 0.6 is 11.6 Å². The maximum atomic E-state index is 6.27. The van der Waals surface area contributed by atoms with Gasteiger partial charge in [-0.25, -0.2) is 9.97 Å². The molecule has 0 aliphatic heterocycles. The summed E-state index contributed by atoms with van der Waals surface area (Å²) in [6.07, 6.45) is 9.02. The van der Waals surface area contributed by atoms with Gasteiger partial charge in [-0.15, -0.1) is 0 Å². The van der Waals surface area contributed by atoms with E-state index in [0.717, 1.165) is 11.3 Å². The van der Waals surface area contributed by atoms with Gasteiger partial charge in [-0.3, -0.25) is 0 Å². The number of aryl methyl sites for hydroxylation is 1. The number of hydrogen-bond donors (Lipinski definition) is 3. The van der Waals surface area contributed by atoms with Crippen molar-refractivity contribution in [2.24, 2.45) is 0 Å². The van der Waals surface area contributed by atoms with Gasteiger partial charge in [-0.05, 0) is 37.5 Å². The van der Waals surface area contributed by atoms with Crippen molar-refractivity contribution in [3.63, 3.8) is 0 Å². The molecule has 6 heteroatoms. The Labute approximate surface area is 148 Å². The average Bonchev–Trinajstić information content (AvgIpc) is 2.83. The molecule has 0 unspecified atom stereocenters. The first kappa shape index (κ1) is 16.8. The molecule has 1 fully saturated rings. The van der Waals surface area contributed by atoms with Crippen LogP contribution in [0.5, 0.6) is 0 Å². The van der Waals surface area contributed by atoms with Gasteiger partial charge in [-0.2, -0.15) is 0 Å². The summed E-state index contributed by atoms with van der Waals surface area (Å²) in [5, 5.41) is 7.44. The molecule has 0 bridgehead atoms. The van der Waals surface area contributed by atoms with Crippen LogP contribution in [0.1, 0.15) is 44.1 Å². The number of nitrogens with one attached hydrogen (secondary N) is 2. The van der Waals surface area contributed by atoms with Gasteiger partial charge < -0.3 is 16.4 Å². The largest absolute Gasteiger partial charge is 0.393 e. The van der Waals surface area contributed by atoms with Gasteiger partial charge in [-0.1, -0.05) is 43.4 Å². The first-order valence-electron chi connectivity index (χ1n) is 8.53. The van der Waals surface area contributed by atoms with Crippen molar-refractivity contribution >= 4 is 34.6 Å².